The fourth-order valence-electron chi connectivity index (χ4n) is 2.08. The summed E-state index contributed by atoms with van der Waals surface area (Å²) in [6.07, 6.45) is 0. The number of nitrogens with zero attached hydrogens (tertiary/aromatic N) is 1. The van der Waals surface area contributed by atoms with E-state index in [0.29, 0.717) is 6.54 Å². The van der Waals surface area contributed by atoms with Crippen LogP contribution in [0, 0.1) is 5.92 Å². The van der Waals surface area contributed by atoms with Gasteiger partial charge in [-0.3, -0.25) is 9.69 Å². The van der Waals surface area contributed by atoms with Gasteiger partial charge in [0.1, 0.15) is 5.75 Å². The van der Waals surface area contributed by atoms with Gasteiger partial charge in [0.05, 0.1) is 20.1 Å². The smallest absolute Gasteiger partial charge is 0.309 e. The Hall–Kier alpha value is -1.07. The topological polar surface area (TPSA) is 38.8 Å². The molecule has 0 amide bonds. The molecule has 1 aromatic rings. The van der Waals surface area contributed by atoms with Crippen molar-refractivity contribution in [2.24, 2.45) is 5.92 Å². The van der Waals surface area contributed by atoms with Crippen LogP contribution in [0.15, 0.2) is 22.7 Å². The minimum Gasteiger partial charge on any atom is -0.496 e. The van der Waals surface area contributed by atoms with E-state index in [4.69, 9.17) is 9.47 Å². The predicted octanol–water partition coefficient (Wildman–Crippen LogP) is 3.09. The Labute approximate surface area is 129 Å². The minimum atomic E-state index is -0.176. The summed E-state index contributed by atoms with van der Waals surface area (Å²) in [6.45, 7) is 6.22. The molecule has 0 spiro atoms. The first kappa shape index (κ1) is 17.0. The van der Waals surface area contributed by atoms with Crippen molar-refractivity contribution >= 4 is 21.9 Å². The molecule has 0 radical (unpaired) electrons. The maximum Gasteiger partial charge on any atom is 0.309 e. The van der Waals surface area contributed by atoms with Gasteiger partial charge in [-0.25, -0.2) is 0 Å². The average Bonchev–Trinajstić information content (AvgIpc) is 2.45. The van der Waals surface area contributed by atoms with E-state index in [1.165, 1.54) is 7.11 Å². The third-order valence-corrected chi connectivity index (χ3v) is 3.71. The Morgan fingerprint density at radius 3 is 2.65 bits per heavy atom. The quantitative estimate of drug-likeness (QED) is 0.713. The molecule has 0 aliphatic carbocycles. The third kappa shape index (κ3) is 4.80. The SMILES string of the molecule is CCN(Cc1cc(Br)ccc1OC)CC(C)C(=O)OC. The van der Waals surface area contributed by atoms with Crippen molar-refractivity contribution in [1.82, 2.24) is 4.90 Å². The molecule has 20 heavy (non-hydrogen) atoms. The molecule has 4 nitrogen and oxygen atoms in total. The van der Waals surface area contributed by atoms with Gasteiger partial charge >= 0.3 is 5.97 Å². The largest absolute Gasteiger partial charge is 0.496 e. The van der Waals surface area contributed by atoms with Gasteiger partial charge in [-0.15, -0.1) is 0 Å². The number of benzene rings is 1. The molecule has 0 fully saturated rings. The van der Waals surface area contributed by atoms with E-state index in [2.05, 4.69) is 27.8 Å². The van der Waals surface area contributed by atoms with Crippen molar-refractivity contribution in [3.05, 3.63) is 28.2 Å². The van der Waals surface area contributed by atoms with Crippen LogP contribution in [0.3, 0.4) is 0 Å². The van der Waals surface area contributed by atoms with Crippen molar-refractivity contribution in [1.29, 1.82) is 0 Å². The molecule has 1 rings (SSSR count). The molecular formula is C15H22BrNO3. The van der Waals surface area contributed by atoms with E-state index >= 15 is 0 Å². The molecule has 0 bridgehead atoms. The van der Waals surface area contributed by atoms with Gasteiger partial charge in [-0.2, -0.15) is 0 Å². The zero-order chi connectivity index (χ0) is 15.1. The number of hydrogen-bond acceptors (Lipinski definition) is 4. The van der Waals surface area contributed by atoms with Crippen LogP contribution < -0.4 is 4.74 Å². The van der Waals surface area contributed by atoms with Crippen LogP contribution in [0.2, 0.25) is 0 Å². The fraction of sp³-hybridized carbons (Fsp3) is 0.533. The van der Waals surface area contributed by atoms with Crippen molar-refractivity contribution in [2.75, 3.05) is 27.3 Å². The summed E-state index contributed by atoms with van der Waals surface area (Å²) < 4.78 is 11.2. The highest BCUT2D eigenvalue weighted by atomic mass is 79.9. The summed E-state index contributed by atoms with van der Waals surface area (Å²) in [7, 11) is 3.09. The first-order valence-corrected chi connectivity index (χ1v) is 7.43. The van der Waals surface area contributed by atoms with Crippen LogP contribution in [0.1, 0.15) is 19.4 Å². The van der Waals surface area contributed by atoms with Gasteiger partial charge in [-0.1, -0.05) is 29.8 Å². The molecule has 0 saturated carbocycles. The molecule has 1 atom stereocenters. The normalized spacial score (nSPS) is 12.3. The summed E-state index contributed by atoms with van der Waals surface area (Å²) in [4.78, 5) is 13.7. The van der Waals surface area contributed by atoms with Crippen LogP contribution in [-0.2, 0) is 16.1 Å². The maximum absolute atomic E-state index is 11.5. The molecule has 112 valence electrons. The van der Waals surface area contributed by atoms with E-state index in [0.717, 1.165) is 28.9 Å². The number of rotatable bonds is 7. The van der Waals surface area contributed by atoms with Crippen LogP contribution in [0.25, 0.3) is 0 Å². The number of carbonyl (C=O) groups excluding carboxylic acids is 1. The van der Waals surface area contributed by atoms with Gasteiger partial charge in [0.15, 0.2) is 0 Å². The zero-order valence-corrected chi connectivity index (χ0v) is 14.1. The minimum absolute atomic E-state index is 0.141. The number of methoxy groups -OCH3 is 2. The molecule has 0 heterocycles. The van der Waals surface area contributed by atoms with Gasteiger partial charge in [-0.05, 0) is 24.7 Å². The second-order valence-electron chi connectivity index (χ2n) is 4.71. The highest BCUT2D eigenvalue weighted by molar-refractivity contribution is 9.10. The molecule has 0 aliphatic rings. The van der Waals surface area contributed by atoms with Crippen molar-refractivity contribution < 1.29 is 14.3 Å². The predicted molar refractivity (Wildman–Crippen MR) is 82.8 cm³/mol. The monoisotopic (exact) mass is 343 g/mol. The van der Waals surface area contributed by atoms with E-state index in [1.807, 2.05) is 25.1 Å². The Balaban J connectivity index is 2.78. The lowest BCUT2D eigenvalue weighted by molar-refractivity contribution is -0.145. The standard InChI is InChI=1S/C15H22BrNO3/c1-5-17(9-11(2)15(18)20-4)10-12-8-13(16)6-7-14(12)19-3/h6-8,11H,5,9-10H2,1-4H3. The number of esters is 1. The molecule has 0 N–H and O–H groups in total. The molecule has 0 aromatic heterocycles. The van der Waals surface area contributed by atoms with Gasteiger partial charge < -0.3 is 9.47 Å². The molecular weight excluding hydrogens is 322 g/mol. The van der Waals surface area contributed by atoms with Gasteiger partial charge in [0.25, 0.3) is 0 Å². The molecule has 5 heteroatoms. The van der Waals surface area contributed by atoms with Crippen molar-refractivity contribution in [2.45, 2.75) is 20.4 Å². The molecule has 0 aliphatic heterocycles. The first-order valence-electron chi connectivity index (χ1n) is 6.64. The van der Waals surface area contributed by atoms with Crippen LogP contribution in [-0.4, -0.2) is 38.2 Å². The lowest BCUT2D eigenvalue weighted by Crippen LogP contribution is -2.32. The summed E-state index contributed by atoms with van der Waals surface area (Å²) in [5, 5.41) is 0. The second kappa shape index (κ2) is 8.27. The number of halogens is 1. The summed E-state index contributed by atoms with van der Waals surface area (Å²) >= 11 is 3.47. The fourth-order valence-corrected chi connectivity index (χ4v) is 2.49. The van der Waals surface area contributed by atoms with E-state index in [1.54, 1.807) is 7.11 Å². The van der Waals surface area contributed by atoms with Crippen LogP contribution in [0.4, 0.5) is 0 Å². The molecule has 1 aromatic carbocycles. The van der Waals surface area contributed by atoms with Crippen LogP contribution >= 0.6 is 15.9 Å². The maximum atomic E-state index is 11.5. The lowest BCUT2D eigenvalue weighted by atomic mass is 10.1. The van der Waals surface area contributed by atoms with E-state index < -0.39 is 0 Å². The summed E-state index contributed by atoms with van der Waals surface area (Å²) in [6, 6.07) is 5.94. The Bertz CT molecular complexity index is 451. The van der Waals surface area contributed by atoms with E-state index in [-0.39, 0.29) is 11.9 Å². The Morgan fingerprint density at radius 1 is 1.40 bits per heavy atom. The number of carbonyl (C=O) groups is 1. The Morgan fingerprint density at radius 2 is 2.10 bits per heavy atom. The Kier molecular flexibility index (Phi) is 7.02. The van der Waals surface area contributed by atoms with Gasteiger partial charge in [0, 0.05) is 23.1 Å². The average molecular weight is 344 g/mol. The third-order valence-electron chi connectivity index (χ3n) is 3.22. The number of ether oxygens (including phenoxy) is 2. The highest BCUT2D eigenvalue weighted by Gasteiger charge is 2.18. The van der Waals surface area contributed by atoms with Crippen molar-refractivity contribution in [3.8, 4) is 5.75 Å². The second-order valence-corrected chi connectivity index (χ2v) is 5.62. The summed E-state index contributed by atoms with van der Waals surface area (Å²) in [5.74, 6) is 0.542. The number of hydrogen-bond donors (Lipinski definition) is 0. The summed E-state index contributed by atoms with van der Waals surface area (Å²) in [5.41, 5.74) is 1.10. The first-order chi connectivity index (χ1) is 9.51. The van der Waals surface area contributed by atoms with Crippen molar-refractivity contribution in [3.63, 3.8) is 0 Å². The van der Waals surface area contributed by atoms with Gasteiger partial charge in [0.2, 0.25) is 0 Å². The van der Waals surface area contributed by atoms with Crippen LogP contribution in [0.5, 0.6) is 5.75 Å². The molecule has 0 saturated heterocycles. The highest BCUT2D eigenvalue weighted by Crippen LogP contribution is 2.24. The molecule has 1 unspecified atom stereocenters. The zero-order valence-electron chi connectivity index (χ0n) is 12.5. The van der Waals surface area contributed by atoms with E-state index in [9.17, 15) is 4.79 Å². The lowest BCUT2D eigenvalue weighted by Gasteiger charge is -2.24.